The lowest BCUT2D eigenvalue weighted by molar-refractivity contribution is -0.0691. The minimum atomic E-state index is -0.484. The molecule has 1 aliphatic heterocycles. The van der Waals surface area contributed by atoms with Gasteiger partial charge >= 0.3 is 5.97 Å². The van der Waals surface area contributed by atoms with Crippen molar-refractivity contribution in [2.24, 2.45) is 0 Å². The summed E-state index contributed by atoms with van der Waals surface area (Å²) in [5, 5.41) is 0. The Morgan fingerprint density at radius 3 is 2.85 bits per heavy atom. The molecule has 0 aromatic carbocycles. The van der Waals surface area contributed by atoms with E-state index in [-0.39, 0.29) is 17.3 Å². The third-order valence-electron chi connectivity index (χ3n) is 3.75. The summed E-state index contributed by atoms with van der Waals surface area (Å²) in [4.78, 5) is 16.1. The van der Waals surface area contributed by atoms with Gasteiger partial charge in [-0.05, 0) is 26.7 Å². The Hall–Kier alpha value is -1.56. The van der Waals surface area contributed by atoms with Gasteiger partial charge in [-0.15, -0.1) is 0 Å². The second-order valence-electron chi connectivity index (χ2n) is 5.73. The average molecular weight is 281 g/mol. The van der Waals surface area contributed by atoms with Crippen LogP contribution in [0, 0.1) is 0 Å². The van der Waals surface area contributed by atoms with E-state index < -0.39 is 5.97 Å². The number of anilines is 1. The first kappa shape index (κ1) is 14.8. The maximum Gasteiger partial charge on any atom is 0.360 e. The lowest BCUT2D eigenvalue weighted by atomic mass is 9.93. The number of rotatable bonds is 3. The zero-order valence-corrected chi connectivity index (χ0v) is 12.6. The second kappa shape index (κ2) is 5.44. The minimum Gasteiger partial charge on any atom is -0.464 e. The Morgan fingerprint density at radius 2 is 2.30 bits per heavy atom. The Balaban J connectivity index is 2.40. The summed E-state index contributed by atoms with van der Waals surface area (Å²) >= 11 is 0. The van der Waals surface area contributed by atoms with Crippen molar-refractivity contribution in [3.8, 4) is 0 Å². The van der Waals surface area contributed by atoms with Crippen LogP contribution in [0.5, 0.6) is 0 Å². The number of aryl methyl sites for hydroxylation is 1. The molecule has 2 N–H and O–H groups in total. The van der Waals surface area contributed by atoms with Gasteiger partial charge in [0.05, 0.1) is 12.7 Å². The quantitative estimate of drug-likeness (QED) is 0.857. The van der Waals surface area contributed by atoms with Gasteiger partial charge in [-0.25, -0.2) is 9.78 Å². The fourth-order valence-electron chi connectivity index (χ4n) is 2.82. The molecule has 0 amide bonds. The zero-order chi connectivity index (χ0) is 14.9. The number of aromatic nitrogens is 2. The standard InChI is InChI=1S/C14H23N3O3/c1-5-10-16-11(13(18)19-4)12(15)17(10)9-6-7-20-14(2,3)8-9/h9H,5-8,15H2,1-4H3. The van der Waals surface area contributed by atoms with E-state index in [4.69, 9.17) is 15.2 Å². The number of hydrogen-bond acceptors (Lipinski definition) is 5. The van der Waals surface area contributed by atoms with Crippen molar-refractivity contribution in [2.75, 3.05) is 19.5 Å². The van der Waals surface area contributed by atoms with Crippen molar-refractivity contribution in [3.63, 3.8) is 0 Å². The summed E-state index contributed by atoms with van der Waals surface area (Å²) in [7, 11) is 1.34. The molecule has 20 heavy (non-hydrogen) atoms. The number of imidazole rings is 1. The summed E-state index contributed by atoms with van der Waals surface area (Å²) in [6.07, 6.45) is 2.44. The lowest BCUT2D eigenvalue weighted by Gasteiger charge is -2.37. The molecule has 1 aliphatic rings. The average Bonchev–Trinajstić information content (AvgIpc) is 2.73. The van der Waals surface area contributed by atoms with Crippen LogP contribution in [0.1, 0.15) is 56.0 Å². The van der Waals surface area contributed by atoms with Crippen LogP contribution >= 0.6 is 0 Å². The SMILES string of the molecule is CCc1nc(C(=O)OC)c(N)n1C1CCOC(C)(C)C1. The molecule has 0 aliphatic carbocycles. The van der Waals surface area contributed by atoms with Crippen LogP contribution in [0.15, 0.2) is 0 Å². The highest BCUT2D eigenvalue weighted by Crippen LogP contribution is 2.35. The smallest absolute Gasteiger partial charge is 0.360 e. The molecule has 0 spiro atoms. The largest absolute Gasteiger partial charge is 0.464 e. The van der Waals surface area contributed by atoms with Crippen LogP contribution in [0.25, 0.3) is 0 Å². The Bertz CT molecular complexity index is 508. The molecule has 2 heterocycles. The fraction of sp³-hybridized carbons (Fsp3) is 0.714. The van der Waals surface area contributed by atoms with Crippen LogP contribution in [0.3, 0.4) is 0 Å². The molecule has 1 aromatic heterocycles. The number of carbonyl (C=O) groups excluding carboxylic acids is 1. The van der Waals surface area contributed by atoms with Crippen molar-refractivity contribution in [3.05, 3.63) is 11.5 Å². The van der Waals surface area contributed by atoms with Crippen molar-refractivity contribution >= 4 is 11.8 Å². The number of methoxy groups -OCH3 is 1. The van der Waals surface area contributed by atoms with E-state index in [1.165, 1.54) is 7.11 Å². The molecule has 1 saturated heterocycles. The van der Waals surface area contributed by atoms with E-state index in [0.29, 0.717) is 12.4 Å². The first-order valence-corrected chi connectivity index (χ1v) is 6.98. The Kier molecular flexibility index (Phi) is 4.04. The number of hydrogen-bond donors (Lipinski definition) is 1. The van der Waals surface area contributed by atoms with Gasteiger partial charge < -0.3 is 19.8 Å². The van der Waals surface area contributed by atoms with Gasteiger partial charge in [0.1, 0.15) is 11.6 Å². The number of nitrogens with zero attached hydrogens (tertiary/aromatic N) is 2. The van der Waals surface area contributed by atoms with Gasteiger partial charge in [0.2, 0.25) is 0 Å². The van der Waals surface area contributed by atoms with E-state index in [9.17, 15) is 4.79 Å². The lowest BCUT2D eigenvalue weighted by Crippen LogP contribution is -2.35. The van der Waals surface area contributed by atoms with Gasteiger partial charge in [0.25, 0.3) is 0 Å². The van der Waals surface area contributed by atoms with Gasteiger partial charge in [-0.3, -0.25) is 0 Å². The predicted octanol–water partition coefficient (Wildman–Crippen LogP) is 1.94. The molecule has 1 aromatic rings. The van der Waals surface area contributed by atoms with Crippen LogP contribution in [-0.2, 0) is 15.9 Å². The van der Waals surface area contributed by atoms with Crippen molar-refractivity contribution in [1.29, 1.82) is 0 Å². The molecule has 1 fully saturated rings. The number of nitrogen functional groups attached to an aromatic ring is 1. The monoisotopic (exact) mass is 281 g/mol. The number of carbonyl (C=O) groups is 1. The van der Waals surface area contributed by atoms with Crippen LogP contribution < -0.4 is 5.73 Å². The minimum absolute atomic E-state index is 0.184. The first-order chi connectivity index (χ1) is 9.39. The van der Waals surface area contributed by atoms with E-state index in [1.807, 2.05) is 11.5 Å². The summed E-state index contributed by atoms with van der Waals surface area (Å²) in [6, 6.07) is 0.208. The van der Waals surface area contributed by atoms with Gasteiger partial charge in [-0.2, -0.15) is 0 Å². The Morgan fingerprint density at radius 1 is 1.60 bits per heavy atom. The second-order valence-corrected chi connectivity index (χ2v) is 5.73. The summed E-state index contributed by atoms with van der Waals surface area (Å²) in [5.41, 5.74) is 6.17. The zero-order valence-electron chi connectivity index (χ0n) is 12.6. The molecule has 6 nitrogen and oxygen atoms in total. The number of nitrogens with two attached hydrogens (primary N) is 1. The molecule has 0 saturated carbocycles. The van der Waals surface area contributed by atoms with Crippen molar-refractivity contribution in [1.82, 2.24) is 9.55 Å². The van der Waals surface area contributed by atoms with E-state index in [1.54, 1.807) is 0 Å². The topological polar surface area (TPSA) is 79.4 Å². The van der Waals surface area contributed by atoms with Gasteiger partial charge in [-0.1, -0.05) is 6.92 Å². The molecule has 0 radical (unpaired) electrons. The van der Waals surface area contributed by atoms with Crippen molar-refractivity contribution in [2.45, 2.75) is 51.7 Å². The molecular formula is C14H23N3O3. The maximum absolute atomic E-state index is 11.7. The highest BCUT2D eigenvalue weighted by atomic mass is 16.5. The summed E-state index contributed by atoms with van der Waals surface area (Å²) in [5.74, 6) is 0.740. The maximum atomic E-state index is 11.7. The first-order valence-electron chi connectivity index (χ1n) is 6.98. The molecule has 1 unspecified atom stereocenters. The predicted molar refractivity (Wildman–Crippen MR) is 75.7 cm³/mol. The molecule has 0 bridgehead atoms. The van der Waals surface area contributed by atoms with Crippen LogP contribution in [0.2, 0.25) is 0 Å². The summed E-state index contributed by atoms with van der Waals surface area (Å²) in [6.45, 7) is 6.83. The molecule has 2 rings (SSSR count). The van der Waals surface area contributed by atoms with E-state index >= 15 is 0 Å². The molecule has 6 heteroatoms. The normalized spacial score (nSPS) is 21.7. The molecule has 112 valence electrons. The number of ether oxygens (including phenoxy) is 2. The van der Waals surface area contributed by atoms with E-state index in [2.05, 4.69) is 18.8 Å². The van der Waals surface area contributed by atoms with Gasteiger partial charge in [0, 0.05) is 19.1 Å². The third kappa shape index (κ3) is 2.65. The Labute approximate surface area is 119 Å². The highest BCUT2D eigenvalue weighted by Gasteiger charge is 2.33. The van der Waals surface area contributed by atoms with Gasteiger partial charge in [0.15, 0.2) is 5.69 Å². The number of esters is 1. The van der Waals surface area contributed by atoms with Crippen LogP contribution in [-0.4, -0.2) is 34.8 Å². The highest BCUT2D eigenvalue weighted by molar-refractivity contribution is 5.92. The fourth-order valence-corrected chi connectivity index (χ4v) is 2.82. The summed E-state index contributed by atoms with van der Waals surface area (Å²) < 4.78 is 12.5. The molecular weight excluding hydrogens is 258 g/mol. The van der Waals surface area contributed by atoms with Crippen LogP contribution in [0.4, 0.5) is 5.82 Å². The third-order valence-corrected chi connectivity index (χ3v) is 3.75. The molecule has 1 atom stereocenters. The van der Waals surface area contributed by atoms with Crippen molar-refractivity contribution < 1.29 is 14.3 Å². The van der Waals surface area contributed by atoms with E-state index in [0.717, 1.165) is 25.1 Å².